The van der Waals surface area contributed by atoms with Gasteiger partial charge < -0.3 is 14.2 Å². The predicted molar refractivity (Wildman–Crippen MR) is 97.3 cm³/mol. The van der Waals surface area contributed by atoms with E-state index in [1.165, 1.54) is 12.1 Å². The molecule has 2 aromatic carbocycles. The zero-order valence-electron chi connectivity index (χ0n) is 12.6. The lowest BCUT2D eigenvalue weighted by molar-refractivity contribution is -0.144. The Hall–Kier alpha value is -2.33. The molecule has 0 aromatic heterocycles. The van der Waals surface area contributed by atoms with E-state index in [0.29, 0.717) is 22.1 Å². The molecule has 1 unspecified atom stereocenters. The molecule has 8 heteroatoms. The van der Waals surface area contributed by atoms with E-state index in [1.54, 1.807) is 30.3 Å². The quantitative estimate of drug-likeness (QED) is 0.516. The predicted octanol–water partition coefficient (Wildman–Crippen LogP) is 4.19. The Morgan fingerprint density at radius 2 is 1.96 bits per heavy atom. The van der Waals surface area contributed by atoms with Crippen molar-refractivity contribution in [3.8, 4) is 17.6 Å². The number of para-hydroxylation sites is 1. The van der Waals surface area contributed by atoms with Gasteiger partial charge in [0.1, 0.15) is 18.1 Å². The Labute approximate surface area is 159 Å². The lowest BCUT2D eigenvalue weighted by Gasteiger charge is -2.18. The number of halogens is 2. The van der Waals surface area contributed by atoms with E-state index in [0.717, 1.165) is 5.55 Å². The zero-order valence-corrected chi connectivity index (χ0v) is 15.0. The van der Waals surface area contributed by atoms with E-state index in [1.807, 2.05) is 6.07 Å². The van der Waals surface area contributed by atoms with Crippen LogP contribution in [0.4, 0.5) is 0 Å². The van der Waals surface area contributed by atoms with Crippen molar-refractivity contribution < 1.29 is 19.0 Å². The number of benzene rings is 2. The molecule has 0 heterocycles. The molecule has 25 heavy (non-hydrogen) atoms. The standard InChI is InChI=1S/C17H11Cl2NO4S/c18-12-3-1-2-4-15(12)24-16(17(21)23-10-25)9-22-14-6-5-11(8-20)7-13(14)19/h1-7,10,16H,9H2. The van der Waals surface area contributed by atoms with Crippen molar-refractivity contribution in [3.63, 3.8) is 0 Å². The summed E-state index contributed by atoms with van der Waals surface area (Å²) in [5, 5.41) is 9.40. The minimum absolute atomic E-state index is 0.196. The maximum Gasteiger partial charge on any atom is 0.356 e. The number of carbonyl (C=O) groups excluding carboxylic acids is 1. The summed E-state index contributed by atoms with van der Waals surface area (Å²) in [5.74, 6) is -0.145. The molecule has 128 valence electrons. The molecule has 2 aromatic rings. The molecule has 0 aliphatic carbocycles. The second-order valence-corrected chi connectivity index (χ2v) is 5.64. The van der Waals surface area contributed by atoms with E-state index >= 15 is 0 Å². The first-order valence-corrected chi connectivity index (χ1v) is 8.15. The molecule has 5 nitrogen and oxygen atoms in total. The number of hydrogen-bond donors (Lipinski definition) is 0. The van der Waals surface area contributed by atoms with Gasteiger partial charge in [-0.2, -0.15) is 5.26 Å². The van der Waals surface area contributed by atoms with Crippen LogP contribution in [0, 0.1) is 11.3 Å². The lowest BCUT2D eigenvalue weighted by atomic mass is 10.2. The molecule has 2 rings (SSSR count). The maximum atomic E-state index is 12.0. The van der Waals surface area contributed by atoms with Crippen molar-refractivity contribution in [2.24, 2.45) is 0 Å². The first-order chi connectivity index (χ1) is 12.0. The summed E-state index contributed by atoms with van der Waals surface area (Å²) in [6.07, 6.45) is -1.12. The van der Waals surface area contributed by atoms with E-state index in [9.17, 15) is 4.79 Å². The molecule has 0 aliphatic rings. The van der Waals surface area contributed by atoms with Crippen molar-refractivity contribution in [1.29, 1.82) is 5.26 Å². The van der Waals surface area contributed by atoms with Crippen molar-refractivity contribution in [1.82, 2.24) is 0 Å². The fourth-order valence-electron chi connectivity index (χ4n) is 1.82. The zero-order chi connectivity index (χ0) is 18.2. The molecule has 0 N–H and O–H groups in total. The molecule has 0 saturated heterocycles. The van der Waals surface area contributed by atoms with Gasteiger partial charge in [0.25, 0.3) is 0 Å². The molecule has 0 bridgehead atoms. The van der Waals surface area contributed by atoms with Gasteiger partial charge >= 0.3 is 5.97 Å². The van der Waals surface area contributed by atoms with Gasteiger partial charge in [-0.15, -0.1) is 0 Å². The van der Waals surface area contributed by atoms with Gasteiger partial charge in [-0.3, -0.25) is 0 Å². The third-order valence-corrected chi connectivity index (χ3v) is 3.69. The van der Waals surface area contributed by atoms with Crippen LogP contribution in [-0.4, -0.2) is 24.2 Å². The summed E-state index contributed by atoms with van der Waals surface area (Å²) in [6, 6.07) is 13.2. The molecule has 0 amide bonds. The summed E-state index contributed by atoms with van der Waals surface area (Å²) < 4.78 is 15.8. The summed E-state index contributed by atoms with van der Waals surface area (Å²) in [7, 11) is 0. The van der Waals surface area contributed by atoms with Gasteiger partial charge in [0.2, 0.25) is 6.10 Å². The van der Waals surface area contributed by atoms with Crippen LogP contribution in [0.5, 0.6) is 11.5 Å². The Morgan fingerprint density at radius 3 is 2.60 bits per heavy atom. The average Bonchev–Trinajstić information content (AvgIpc) is 2.61. The summed E-state index contributed by atoms with van der Waals surface area (Å²) in [6.45, 7) is -0.196. The van der Waals surface area contributed by atoms with E-state index in [2.05, 4.69) is 12.2 Å². The number of carbonyl (C=O) groups is 1. The first-order valence-electron chi connectivity index (χ1n) is 6.93. The van der Waals surface area contributed by atoms with Crippen LogP contribution in [0.1, 0.15) is 5.56 Å². The monoisotopic (exact) mass is 395 g/mol. The molecule has 0 radical (unpaired) electrons. The molecular weight excluding hydrogens is 385 g/mol. The van der Waals surface area contributed by atoms with Gasteiger partial charge in [0, 0.05) is 0 Å². The van der Waals surface area contributed by atoms with Gasteiger partial charge in [-0.05, 0) is 42.5 Å². The van der Waals surface area contributed by atoms with Crippen molar-refractivity contribution in [2.45, 2.75) is 6.10 Å². The Balaban J connectivity index is 2.14. The number of rotatable bonds is 7. The Bertz CT molecular complexity index is 823. The fraction of sp³-hybridized carbons (Fsp3) is 0.118. The first kappa shape index (κ1) is 19.0. The highest BCUT2D eigenvalue weighted by atomic mass is 35.5. The highest BCUT2D eigenvalue weighted by Gasteiger charge is 2.24. The summed E-state index contributed by atoms with van der Waals surface area (Å²) in [4.78, 5) is 12.0. The van der Waals surface area contributed by atoms with Crippen LogP contribution in [0.25, 0.3) is 0 Å². The largest absolute Gasteiger partial charge is 0.488 e. The second kappa shape index (κ2) is 9.23. The molecule has 0 fully saturated rings. The molecule has 0 saturated carbocycles. The van der Waals surface area contributed by atoms with Gasteiger partial charge in [0.15, 0.2) is 5.55 Å². The van der Waals surface area contributed by atoms with Crippen LogP contribution < -0.4 is 9.47 Å². The van der Waals surface area contributed by atoms with Crippen molar-refractivity contribution in [3.05, 3.63) is 58.1 Å². The average molecular weight is 396 g/mol. The Kier molecular flexibility index (Phi) is 7.02. The smallest absolute Gasteiger partial charge is 0.356 e. The van der Waals surface area contributed by atoms with Crippen LogP contribution in [0.3, 0.4) is 0 Å². The third-order valence-electron chi connectivity index (χ3n) is 2.98. The highest BCUT2D eigenvalue weighted by molar-refractivity contribution is 7.78. The number of nitrogens with zero attached hydrogens (tertiary/aromatic N) is 1. The SMILES string of the molecule is N#Cc1ccc(OCC(Oc2ccccc2Cl)C(=O)OC=S)c(Cl)c1. The van der Waals surface area contributed by atoms with Crippen molar-refractivity contribution >= 4 is 46.9 Å². The third kappa shape index (κ3) is 5.33. The van der Waals surface area contributed by atoms with Crippen LogP contribution >= 0.6 is 35.4 Å². The van der Waals surface area contributed by atoms with Crippen LogP contribution in [0.2, 0.25) is 10.0 Å². The molecule has 1 atom stereocenters. The molecule has 0 aliphatic heterocycles. The normalized spacial score (nSPS) is 11.1. The highest BCUT2D eigenvalue weighted by Crippen LogP contribution is 2.27. The van der Waals surface area contributed by atoms with E-state index < -0.39 is 12.1 Å². The number of hydrogen-bond acceptors (Lipinski definition) is 6. The number of esters is 1. The summed E-state index contributed by atoms with van der Waals surface area (Å²) in [5.41, 5.74) is 1.22. The van der Waals surface area contributed by atoms with Gasteiger partial charge in [-0.25, -0.2) is 4.79 Å². The molecule has 0 spiro atoms. The van der Waals surface area contributed by atoms with Crippen LogP contribution in [-0.2, 0) is 9.53 Å². The number of thiocarbonyl (C=S) groups is 1. The van der Waals surface area contributed by atoms with Crippen LogP contribution in [0.15, 0.2) is 42.5 Å². The number of ether oxygens (including phenoxy) is 3. The topological polar surface area (TPSA) is 68.5 Å². The molecular formula is C17H11Cl2NO4S. The number of nitriles is 1. The van der Waals surface area contributed by atoms with E-state index in [-0.39, 0.29) is 11.6 Å². The summed E-state index contributed by atoms with van der Waals surface area (Å²) >= 11 is 16.6. The minimum atomic E-state index is -1.12. The van der Waals surface area contributed by atoms with Crippen molar-refractivity contribution in [2.75, 3.05) is 6.61 Å². The minimum Gasteiger partial charge on any atom is -0.488 e. The van der Waals surface area contributed by atoms with Gasteiger partial charge in [0.05, 0.1) is 21.7 Å². The lowest BCUT2D eigenvalue weighted by Crippen LogP contribution is -2.35. The maximum absolute atomic E-state index is 12.0. The van der Waals surface area contributed by atoms with E-state index in [4.69, 9.17) is 42.7 Å². The Morgan fingerprint density at radius 1 is 1.20 bits per heavy atom. The second-order valence-electron chi connectivity index (χ2n) is 4.64. The fourth-order valence-corrected chi connectivity index (χ4v) is 2.33. The van der Waals surface area contributed by atoms with Gasteiger partial charge in [-0.1, -0.05) is 35.3 Å².